The molecule has 0 fully saturated rings. The highest BCUT2D eigenvalue weighted by Crippen LogP contribution is 2.22. The van der Waals surface area contributed by atoms with Gasteiger partial charge in [0, 0.05) is 5.69 Å². The molecule has 0 unspecified atom stereocenters. The summed E-state index contributed by atoms with van der Waals surface area (Å²) in [6.45, 7) is 1.79. The third-order valence-electron chi connectivity index (χ3n) is 4.72. The summed E-state index contributed by atoms with van der Waals surface area (Å²) in [5.41, 5.74) is 0.891. The van der Waals surface area contributed by atoms with Crippen LogP contribution in [0.2, 0.25) is 10.0 Å². The average molecular weight is 516 g/mol. The molecule has 0 radical (unpaired) electrons. The molecule has 2 N–H and O–H groups in total. The Kier molecular flexibility index (Phi) is 8.46. The highest BCUT2D eigenvalue weighted by Gasteiger charge is 2.41. The summed E-state index contributed by atoms with van der Waals surface area (Å²) in [6, 6.07) is 18.3. The zero-order valence-electron chi connectivity index (χ0n) is 18.2. The number of ether oxygens (including phenoxy) is 2. The normalized spacial score (nSPS) is 12.2. The van der Waals surface area contributed by atoms with Crippen molar-refractivity contribution in [3.63, 3.8) is 0 Å². The molecule has 3 aromatic carbocycles. The Hall–Kier alpha value is -3.88. The first-order valence-corrected chi connectivity index (χ1v) is 10.9. The lowest BCUT2D eigenvalue weighted by Crippen LogP contribution is -2.48. The average Bonchev–Trinajstić information content (AvgIpc) is 2.81. The molecule has 180 valence electrons. The van der Waals surface area contributed by atoms with E-state index in [2.05, 4.69) is 5.32 Å². The Balaban J connectivity index is 1.94. The molecule has 0 aliphatic carbocycles. The fourth-order valence-corrected chi connectivity index (χ4v) is 3.47. The molecule has 0 bridgehead atoms. The lowest BCUT2D eigenvalue weighted by atomic mass is 10.1. The molecule has 0 heterocycles. The summed E-state index contributed by atoms with van der Waals surface area (Å²) in [7, 11) is 0. The second kappa shape index (κ2) is 11.5. The zero-order chi connectivity index (χ0) is 25.5. The molecule has 35 heavy (non-hydrogen) atoms. The van der Waals surface area contributed by atoms with E-state index < -0.39 is 36.0 Å². The first-order valence-electron chi connectivity index (χ1n) is 10.2. The number of halogens is 2. The molecule has 0 aliphatic rings. The van der Waals surface area contributed by atoms with Crippen LogP contribution in [-0.2, 0) is 19.1 Å². The number of hydrogen-bond donors (Lipinski definition) is 2. The monoisotopic (exact) mass is 515 g/mol. The predicted octanol–water partition coefficient (Wildman–Crippen LogP) is 4.78. The summed E-state index contributed by atoms with van der Waals surface area (Å²) in [5.74, 6) is -4.96. The van der Waals surface area contributed by atoms with Gasteiger partial charge in [-0.05, 0) is 48.9 Å². The molecule has 1 amide bonds. The van der Waals surface area contributed by atoms with Gasteiger partial charge in [-0.1, -0.05) is 59.6 Å². The van der Waals surface area contributed by atoms with Crippen molar-refractivity contribution in [1.29, 1.82) is 0 Å². The molecule has 0 aromatic heterocycles. The maximum Gasteiger partial charge on any atom is 0.349 e. The van der Waals surface area contributed by atoms with Crippen LogP contribution in [0.25, 0.3) is 0 Å². The third kappa shape index (κ3) is 6.59. The van der Waals surface area contributed by atoms with Crippen molar-refractivity contribution in [2.24, 2.45) is 0 Å². The number of carboxylic acids is 1. The van der Waals surface area contributed by atoms with Crippen molar-refractivity contribution in [3.8, 4) is 0 Å². The van der Waals surface area contributed by atoms with Crippen molar-refractivity contribution in [3.05, 3.63) is 99.5 Å². The van der Waals surface area contributed by atoms with Gasteiger partial charge in [-0.2, -0.15) is 0 Å². The number of nitrogens with one attached hydrogen (secondary N) is 1. The van der Waals surface area contributed by atoms with E-state index in [9.17, 15) is 24.3 Å². The summed E-state index contributed by atoms with van der Waals surface area (Å²) in [6.07, 6.45) is -4.27. The quantitative estimate of drug-likeness (QED) is 0.414. The predicted molar refractivity (Wildman–Crippen MR) is 129 cm³/mol. The van der Waals surface area contributed by atoms with E-state index in [0.717, 1.165) is 5.56 Å². The number of aliphatic carboxylic acids is 1. The van der Waals surface area contributed by atoms with Gasteiger partial charge in [0.15, 0.2) is 0 Å². The van der Waals surface area contributed by atoms with Crippen LogP contribution in [0.4, 0.5) is 5.69 Å². The minimum absolute atomic E-state index is 0.00969. The van der Waals surface area contributed by atoms with Crippen LogP contribution in [0.15, 0.2) is 72.8 Å². The molecule has 2 atom stereocenters. The Morgan fingerprint density at radius 3 is 1.77 bits per heavy atom. The number of esters is 2. The SMILES string of the molecule is Cc1cccc(NC(=O)[C@H](OC(=O)c2ccccc2Cl)[C@H](OC(=O)c2ccccc2Cl)C(=O)O)c1. The molecule has 0 spiro atoms. The number of rotatable bonds is 8. The number of carboxylic acid groups (broad SMARTS) is 1. The van der Waals surface area contributed by atoms with Crippen molar-refractivity contribution in [2.75, 3.05) is 5.32 Å². The maximum atomic E-state index is 13.1. The minimum atomic E-state index is -2.20. The van der Waals surface area contributed by atoms with Crippen LogP contribution in [0.5, 0.6) is 0 Å². The number of benzene rings is 3. The number of carbonyl (C=O) groups excluding carboxylic acids is 3. The maximum absolute atomic E-state index is 13.1. The Morgan fingerprint density at radius 1 is 0.771 bits per heavy atom. The highest BCUT2D eigenvalue weighted by atomic mass is 35.5. The number of anilines is 1. The van der Waals surface area contributed by atoms with Gasteiger partial charge in [0.25, 0.3) is 5.91 Å². The molecule has 8 nitrogen and oxygen atoms in total. The smallest absolute Gasteiger partial charge is 0.349 e. The summed E-state index contributed by atoms with van der Waals surface area (Å²) in [5, 5.41) is 12.3. The highest BCUT2D eigenvalue weighted by molar-refractivity contribution is 6.34. The molecule has 3 rings (SSSR count). The van der Waals surface area contributed by atoms with E-state index >= 15 is 0 Å². The number of aryl methyl sites for hydroxylation is 1. The summed E-state index contributed by atoms with van der Waals surface area (Å²) in [4.78, 5) is 50.6. The van der Waals surface area contributed by atoms with E-state index in [0.29, 0.717) is 5.69 Å². The molecule has 0 saturated heterocycles. The van der Waals surface area contributed by atoms with Gasteiger partial charge in [-0.15, -0.1) is 0 Å². The Labute approximate surface area is 210 Å². The topological polar surface area (TPSA) is 119 Å². The standard InChI is InChI=1S/C25H19Cl2NO7/c1-14-7-6-8-15(13-14)28-22(29)20(34-24(32)16-9-2-4-11-18(16)26)21(23(30)31)35-25(33)17-10-3-5-12-19(17)27/h2-13,20-21H,1H3,(H,28,29)(H,30,31)/t20-,21+/m1/s1. The molecule has 0 aliphatic heterocycles. The lowest BCUT2D eigenvalue weighted by Gasteiger charge is -2.24. The summed E-state index contributed by atoms with van der Waals surface area (Å²) >= 11 is 12.0. The van der Waals surface area contributed by atoms with Crippen molar-refractivity contribution in [2.45, 2.75) is 19.1 Å². The van der Waals surface area contributed by atoms with Crippen molar-refractivity contribution < 1.29 is 33.8 Å². The molecule has 0 saturated carbocycles. The first kappa shape index (κ1) is 25.7. The van der Waals surface area contributed by atoms with Crippen LogP contribution in [-0.4, -0.2) is 41.1 Å². The van der Waals surface area contributed by atoms with Gasteiger partial charge in [0.1, 0.15) is 0 Å². The Morgan fingerprint density at radius 2 is 1.29 bits per heavy atom. The molecular weight excluding hydrogens is 497 g/mol. The van der Waals surface area contributed by atoms with Crippen molar-refractivity contribution >= 4 is 52.7 Å². The number of amides is 1. The van der Waals surface area contributed by atoms with Gasteiger partial charge in [-0.3, -0.25) is 4.79 Å². The zero-order valence-corrected chi connectivity index (χ0v) is 19.7. The molecular formula is C25H19Cl2NO7. The molecule has 10 heteroatoms. The second-order valence-corrected chi connectivity index (χ2v) is 8.12. The van der Waals surface area contributed by atoms with Crippen LogP contribution in [0, 0.1) is 6.92 Å². The van der Waals surface area contributed by atoms with Gasteiger partial charge in [0.2, 0.25) is 12.2 Å². The third-order valence-corrected chi connectivity index (χ3v) is 5.38. The second-order valence-electron chi connectivity index (χ2n) is 7.31. The van der Waals surface area contributed by atoms with Crippen LogP contribution >= 0.6 is 23.2 Å². The van der Waals surface area contributed by atoms with Crippen LogP contribution in [0.1, 0.15) is 26.3 Å². The van der Waals surface area contributed by atoms with Gasteiger partial charge < -0.3 is 19.9 Å². The van der Waals surface area contributed by atoms with E-state index in [-0.39, 0.29) is 21.2 Å². The number of hydrogen-bond acceptors (Lipinski definition) is 6. The van der Waals surface area contributed by atoms with Crippen molar-refractivity contribution in [1.82, 2.24) is 0 Å². The van der Waals surface area contributed by atoms with Crippen LogP contribution in [0.3, 0.4) is 0 Å². The van der Waals surface area contributed by atoms with E-state index in [4.69, 9.17) is 32.7 Å². The molecule has 3 aromatic rings. The number of carbonyl (C=O) groups is 4. The van der Waals surface area contributed by atoms with E-state index in [1.165, 1.54) is 36.4 Å². The Bertz CT molecular complexity index is 1280. The summed E-state index contributed by atoms with van der Waals surface area (Å²) < 4.78 is 10.3. The van der Waals surface area contributed by atoms with Crippen LogP contribution < -0.4 is 5.32 Å². The largest absolute Gasteiger partial charge is 0.478 e. The van der Waals surface area contributed by atoms with Gasteiger partial charge >= 0.3 is 17.9 Å². The first-order chi connectivity index (χ1) is 16.7. The fraction of sp³-hybridized carbons (Fsp3) is 0.120. The lowest BCUT2D eigenvalue weighted by molar-refractivity contribution is -0.157. The van der Waals surface area contributed by atoms with Gasteiger partial charge in [0.05, 0.1) is 21.2 Å². The minimum Gasteiger partial charge on any atom is -0.478 e. The fourth-order valence-electron chi connectivity index (χ4n) is 3.04. The van der Waals surface area contributed by atoms with E-state index in [1.807, 2.05) is 0 Å². The van der Waals surface area contributed by atoms with E-state index in [1.54, 1.807) is 43.3 Å². The van der Waals surface area contributed by atoms with Gasteiger partial charge in [-0.25, -0.2) is 14.4 Å².